The van der Waals surface area contributed by atoms with E-state index in [9.17, 15) is 19.2 Å². The molecule has 12 nitrogen and oxygen atoms in total. The molecule has 0 radical (unpaired) electrons. The molecule has 0 aromatic carbocycles. The molecule has 0 aliphatic rings. The highest BCUT2D eigenvalue weighted by Crippen LogP contribution is 1.98. The fourth-order valence-corrected chi connectivity index (χ4v) is 1.72. The Morgan fingerprint density at radius 2 is 0.929 bits per heavy atom. The van der Waals surface area contributed by atoms with Crippen LogP contribution >= 0.6 is 23.5 Å². The fraction of sp³-hybridized carbons (Fsp3) is 0.714. The first-order valence-electron chi connectivity index (χ1n) is 7.69. The van der Waals surface area contributed by atoms with Crippen LogP contribution in [0.4, 0.5) is 0 Å². The lowest BCUT2D eigenvalue weighted by atomic mass is 10.2. The van der Waals surface area contributed by atoms with Gasteiger partial charge < -0.3 is 43.4 Å². The lowest BCUT2D eigenvalue weighted by Crippen LogP contribution is -2.30. The maximum Gasteiger partial charge on any atom is 0.320 e. The Morgan fingerprint density at radius 3 is 1.04 bits per heavy atom. The van der Waals surface area contributed by atoms with Crippen molar-refractivity contribution in [2.75, 3.05) is 37.1 Å². The van der Waals surface area contributed by atoms with Gasteiger partial charge in [0, 0.05) is 0 Å². The molecule has 0 aromatic heterocycles. The normalized spacial score (nSPS) is 11.1. The van der Waals surface area contributed by atoms with Crippen molar-refractivity contribution in [2.45, 2.75) is 24.9 Å². The van der Waals surface area contributed by atoms with Gasteiger partial charge in [-0.2, -0.15) is 23.5 Å². The molecule has 0 aromatic rings. The number of carbonyl (C=O) groups is 4. The van der Waals surface area contributed by atoms with Crippen LogP contribution in [0.2, 0.25) is 0 Å². The Balaban J connectivity index is -0.000000143. The predicted octanol–water partition coefficient (Wildman–Crippen LogP) is -1.64. The summed E-state index contributed by atoms with van der Waals surface area (Å²) in [5.41, 5.74) is 19.5. The summed E-state index contributed by atoms with van der Waals surface area (Å²) in [6.45, 7) is -0.556. The molecular weight excluding hydrogens is 416 g/mol. The second-order valence-electron chi connectivity index (χ2n) is 4.65. The maximum atomic E-state index is 10.1. The Bertz CT molecular complexity index is 392. The molecule has 28 heavy (non-hydrogen) atoms. The van der Waals surface area contributed by atoms with Crippen LogP contribution in [-0.2, 0) is 19.2 Å². The Kier molecular flexibility index (Phi) is 30.8. The summed E-state index contributed by atoms with van der Waals surface area (Å²) in [6, 6.07) is -1.37. The van der Waals surface area contributed by atoms with Gasteiger partial charge in [-0.15, -0.1) is 0 Å². The average molecular weight is 449 g/mol. The van der Waals surface area contributed by atoms with Crippen LogP contribution in [0.3, 0.4) is 0 Å². The van der Waals surface area contributed by atoms with E-state index in [-0.39, 0.29) is 13.1 Å². The highest BCUT2D eigenvalue weighted by atomic mass is 32.2. The topological polar surface area (TPSA) is 253 Å². The molecule has 0 aliphatic heterocycles. The molecule has 0 saturated heterocycles. The van der Waals surface area contributed by atoms with Crippen LogP contribution in [0.1, 0.15) is 12.8 Å². The van der Waals surface area contributed by atoms with Crippen molar-refractivity contribution in [1.82, 2.24) is 0 Å². The number of nitrogens with two attached hydrogens (primary N) is 4. The minimum atomic E-state index is -0.968. The van der Waals surface area contributed by atoms with Gasteiger partial charge in [-0.3, -0.25) is 19.2 Å². The number of thioether (sulfide) groups is 2. The van der Waals surface area contributed by atoms with Crippen molar-refractivity contribution in [3.8, 4) is 0 Å². The smallest absolute Gasteiger partial charge is 0.320 e. The van der Waals surface area contributed by atoms with Crippen LogP contribution in [-0.4, -0.2) is 93.5 Å². The van der Waals surface area contributed by atoms with Crippen LogP contribution in [0.15, 0.2) is 0 Å². The Labute approximate surface area is 172 Å². The van der Waals surface area contributed by atoms with E-state index in [2.05, 4.69) is 11.5 Å². The summed E-state index contributed by atoms with van der Waals surface area (Å²) < 4.78 is 0. The van der Waals surface area contributed by atoms with E-state index in [1.807, 2.05) is 12.5 Å². The molecule has 0 saturated carbocycles. The molecule has 168 valence electrons. The predicted molar refractivity (Wildman–Crippen MR) is 111 cm³/mol. The largest absolute Gasteiger partial charge is 0.480 e. The summed E-state index contributed by atoms with van der Waals surface area (Å²) in [5, 5.41) is 31.7. The molecular formula is C14H32N4O8S2. The minimum absolute atomic E-state index is 0.278. The van der Waals surface area contributed by atoms with Gasteiger partial charge >= 0.3 is 23.9 Å². The molecule has 0 heterocycles. The number of carboxylic acids is 4. The fourth-order valence-electron chi connectivity index (χ4n) is 0.737. The lowest BCUT2D eigenvalue weighted by Gasteiger charge is -2.02. The summed E-state index contributed by atoms with van der Waals surface area (Å²) >= 11 is 3.21. The molecule has 0 amide bonds. The zero-order valence-electron chi connectivity index (χ0n) is 15.9. The second-order valence-corrected chi connectivity index (χ2v) is 6.62. The van der Waals surface area contributed by atoms with Crippen molar-refractivity contribution in [2.24, 2.45) is 22.9 Å². The minimum Gasteiger partial charge on any atom is -0.480 e. The summed E-state index contributed by atoms with van der Waals surface area (Å²) in [6.07, 6.45) is 4.95. The molecule has 0 aliphatic carbocycles. The zero-order valence-corrected chi connectivity index (χ0v) is 17.6. The van der Waals surface area contributed by atoms with Crippen LogP contribution < -0.4 is 22.9 Å². The molecule has 12 N–H and O–H groups in total. The number of hydrogen-bond acceptors (Lipinski definition) is 10. The van der Waals surface area contributed by atoms with E-state index in [1.165, 1.54) is 0 Å². The van der Waals surface area contributed by atoms with Crippen molar-refractivity contribution in [3.05, 3.63) is 0 Å². The summed E-state index contributed by atoms with van der Waals surface area (Å²) in [7, 11) is 0. The third kappa shape index (κ3) is 39.5. The van der Waals surface area contributed by atoms with E-state index in [1.54, 1.807) is 23.5 Å². The second kappa shape index (κ2) is 25.4. The van der Waals surface area contributed by atoms with Gasteiger partial charge in [0.1, 0.15) is 12.1 Å². The van der Waals surface area contributed by atoms with Crippen molar-refractivity contribution >= 4 is 47.4 Å². The highest BCUT2D eigenvalue weighted by molar-refractivity contribution is 7.98. The third-order valence-electron chi connectivity index (χ3n) is 2.25. The zero-order chi connectivity index (χ0) is 23.1. The Morgan fingerprint density at radius 1 is 0.714 bits per heavy atom. The van der Waals surface area contributed by atoms with Crippen molar-refractivity contribution in [3.63, 3.8) is 0 Å². The first-order chi connectivity index (χ1) is 12.9. The Hall–Kier alpha value is -1.58. The van der Waals surface area contributed by atoms with Crippen LogP contribution in [0, 0.1) is 0 Å². The lowest BCUT2D eigenvalue weighted by molar-refractivity contribution is -0.139. The van der Waals surface area contributed by atoms with E-state index in [4.69, 9.17) is 31.9 Å². The molecule has 0 fully saturated rings. The van der Waals surface area contributed by atoms with Crippen LogP contribution in [0.25, 0.3) is 0 Å². The van der Waals surface area contributed by atoms with E-state index in [0.29, 0.717) is 12.8 Å². The highest BCUT2D eigenvalue weighted by Gasteiger charge is 2.09. The maximum absolute atomic E-state index is 10.1. The number of rotatable bonds is 10. The van der Waals surface area contributed by atoms with Gasteiger partial charge in [-0.1, -0.05) is 0 Å². The van der Waals surface area contributed by atoms with E-state index >= 15 is 0 Å². The first-order valence-corrected chi connectivity index (χ1v) is 10.5. The van der Waals surface area contributed by atoms with Gasteiger partial charge in [0.15, 0.2) is 0 Å². The van der Waals surface area contributed by atoms with Crippen molar-refractivity contribution < 1.29 is 39.6 Å². The van der Waals surface area contributed by atoms with Gasteiger partial charge in [-0.05, 0) is 36.9 Å². The third-order valence-corrected chi connectivity index (χ3v) is 3.54. The van der Waals surface area contributed by atoms with Gasteiger partial charge in [0.05, 0.1) is 13.1 Å². The SMILES string of the molecule is CSCCC(N)C(=O)O.CSCCC(N)C(=O)O.NCC(=O)O.NCC(=O)O. The number of aliphatic carboxylic acids is 4. The molecule has 2 atom stereocenters. The van der Waals surface area contributed by atoms with Crippen LogP contribution in [0.5, 0.6) is 0 Å². The molecule has 0 spiro atoms. The first kappa shape index (κ1) is 34.0. The van der Waals surface area contributed by atoms with E-state index < -0.39 is 36.0 Å². The van der Waals surface area contributed by atoms with Gasteiger partial charge in [-0.25, -0.2) is 0 Å². The monoisotopic (exact) mass is 448 g/mol. The summed E-state index contributed by atoms with van der Waals surface area (Å²) in [4.78, 5) is 38.6. The standard InChI is InChI=1S/2C5H11NO2S.2C2H5NO2/c2*1-9-3-2-4(6)5(7)8;2*3-1-2(4)5/h2*4H,2-3,6H2,1H3,(H,7,8);2*1,3H2,(H,4,5). The average Bonchev–Trinajstić information content (AvgIpc) is 2.65. The molecule has 0 rings (SSSR count). The molecule has 0 bridgehead atoms. The van der Waals surface area contributed by atoms with Crippen molar-refractivity contribution in [1.29, 1.82) is 0 Å². The van der Waals surface area contributed by atoms with Gasteiger partial charge in [0.25, 0.3) is 0 Å². The molecule has 14 heteroatoms. The number of hydrogen-bond donors (Lipinski definition) is 8. The number of carboxylic acid groups (broad SMARTS) is 4. The van der Waals surface area contributed by atoms with Gasteiger partial charge in [0.2, 0.25) is 0 Å². The molecule has 2 unspecified atom stereocenters. The summed E-state index contributed by atoms with van der Waals surface area (Å²) in [5.74, 6) is -2.14. The quantitative estimate of drug-likeness (QED) is 0.186. The van der Waals surface area contributed by atoms with E-state index in [0.717, 1.165) is 11.5 Å².